The molecular formula is C25H34N2O5. The maximum Gasteiger partial charge on any atom is 0.307 e. The highest BCUT2D eigenvalue weighted by Gasteiger charge is 2.26. The van der Waals surface area contributed by atoms with Crippen molar-refractivity contribution in [3.8, 4) is 11.5 Å². The van der Waals surface area contributed by atoms with Crippen LogP contribution in [0.15, 0.2) is 24.3 Å². The summed E-state index contributed by atoms with van der Waals surface area (Å²) in [4.78, 5) is 25.4. The Bertz CT molecular complexity index is 959. The van der Waals surface area contributed by atoms with Crippen LogP contribution in [0.2, 0.25) is 0 Å². The minimum absolute atomic E-state index is 0.0130. The highest BCUT2D eigenvalue weighted by Crippen LogP contribution is 2.33. The summed E-state index contributed by atoms with van der Waals surface area (Å²) >= 11 is 0. The fraction of sp³-hybridized carbons (Fsp3) is 0.520. The number of nitrogens with one attached hydrogen (secondary N) is 1. The summed E-state index contributed by atoms with van der Waals surface area (Å²) in [5.74, 6) is 0.502. The molecule has 7 nitrogen and oxygen atoms in total. The van der Waals surface area contributed by atoms with Crippen LogP contribution in [0.1, 0.15) is 77.9 Å². The van der Waals surface area contributed by atoms with Crippen LogP contribution >= 0.6 is 0 Å². The average Bonchev–Trinajstić information content (AvgIpc) is 3.12. The van der Waals surface area contributed by atoms with Crippen LogP contribution in [0.25, 0.3) is 0 Å². The van der Waals surface area contributed by atoms with Crippen LogP contribution < -0.4 is 14.8 Å². The number of carbonyl (C=O) groups is 2. The Hall–Kier alpha value is -2.96. The molecule has 174 valence electrons. The minimum Gasteiger partial charge on any atom is -0.493 e. The van der Waals surface area contributed by atoms with Gasteiger partial charge in [0.05, 0.1) is 39.4 Å². The molecule has 1 fully saturated rings. The number of benzene rings is 1. The van der Waals surface area contributed by atoms with E-state index in [9.17, 15) is 9.59 Å². The number of aryl methyl sites for hydroxylation is 1. The molecule has 0 aliphatic heterocycles. The van der Waals surface area contributed by atoms with E-state index >= 15 is 0 Å². The lowest BCUT2D eigenvalue weighted by Gasteiger charge is -2.26. The second-order valence-electron chi connectivity index (χ2n) is 8.37. The lowest BCUT2D eigenvalue weighted by Crippen LogP contribution is -2.31. The fourth-order valence-electron chi connectivity index (χ4n) is 4.72. The summed E-state index contributed by atoms with van der Waals surface area (Å²) in [5.41, 5.74) is 3.44. The van der Waals surface area contributed by atoms with Crippen molar-refractivity contribution in [2.75, 3.05) is 21.3 Å². The summed E-state index contributed by atoms with van der Waals surface area (Å²) in [6.07, 6.45) is 6.04. The fourth-order valence-corrected chi connectivity index (χ4v) is 4.72. The first-order chi connectivity index (χ1) is 15.4. The van der Waals surface area contributed by atoms with E-state index in [1.807, 2.05) is 19.1 Å². The van der Waals surface area contributed by atoms with Gasteiger partial charge < -0.3 is 24.1 Å². The van der Waals surface area contributed by atoms with Crippen LogP contribution in [0.5, 0.6) is 11.5 Å². The molecule has 1 saturated carbocycles. The number of nitrogens with zero attached hydrogens (tertiary/aromatic N) is 1. The average molecular weight is 443 g/mol. The number of aromatic nitrogens is 1. The quantitative estimate of drug-likeness (QED) is 0.602. The van der Waals surface area contributed by atoms with Gasteiger partial charge in [-0.15, -0.1) is 0 Å². The highest BCUT2D eigenvalue weighted by atomic mass is 16.5. The van der Waals surface area contributed by atoms with Gasteiger partial charge in [-0.2, -0.15) is 0 Å². The van der Waals surface area contributed by atoms with Crippen molar-refractivity contribution in [3.05, 3.63) is 46.8 Å². The first kappa shape index (κ1) is 23.7. The number of carbonyl (C=O) groups excluding carboxylic acids is 2. The Balaban J connectivity index is 1.88. The van der Waals surface area contributed by atoms with Crippen molar-refractivity contribution >= 4 is 11.9 Å². The van der Waals surface area contributed by atoms with Crippen molar-refractivity contribution in [2.24, 2.45) is 0 Å². The summed E-state index contributed by atoms with van der Waals surface area (Å²) in [7, 11) is 4.45. The van der Waals surface area contributed by atoms with Crippen LogP contribution in [-0.2, 0) is 9.53 Å². The molecule has 0 spiro atoms. The van der Waals surface area contributed by atoms with E-state index in [1.54, 1.807) is 26.4 Å². The third-order valence-corrected chi connectivity index (χ3v) is 6.38. The molecule has 1 aromatic heterocycles. The summed E-state index contributed by atoms with van der Waals surface area (Å²) in [6, 6.07) is 7.19. The van der Waals surface area contributed by atoms with E-state index in [2.05, 4.69) is 16.8 Å². The summed E-state index contributed by atoms with van der Waals surface area (Å²) in [5, 5.41) is 3.04. The number of hydrogen-bond acceptors (Lipinski definition) is 5. The molecule has 0 bridgehead atoms. The van der Waals surface area contributed by atoms with Crippen LogP contribution in [0, 0.1) is 13.8 Å². The normalized spacial score (nSPS) is 15.2. The molecule has 3 rings (SSSR count). The number of rotatable bonds is 8. The van der Waals surface area contributed by atoms with Gasteiger partial charge in [0, 0.05) is 17.4 Å². The van der Waals surface area contributed by atoms with Gasteiger partial charge in [-0.3, -0.25) is 9.59 Å². The van der Waals surface area contributed by atoms with E-state index in [0.29, 0.717) is 23.1 Å². The van der Waals surface area contributed by atoms with Gasteiger partial charge >= 0.3 is 5.97 Å². The molecule has 1 amide bonds. The van der Waals surface area contributed by atoms with Crippen molar-refractivity contribution in [1.82, 2.24) is 9.88 Å². The third kappa shape index (κ3) is 5.09. The number of methoxy groups -OCH3 is 3. The van der Waals surface area contributed by atoms with Gasteiger partial charge in [-0.05, 0) is 50.5 Å². The van der Waals surface area contributed by atoms with Crippen molar-refractivity contribution < 1.29 is 23.8 Å². The summed E-state index contributed by atoms with van der Waals surface area (Å²) < 4.78 is 17.9. The molecular weight excluding hydrogens is 408 g/mol. The van der Waals surface area contributed by atoms with Gasteiger partial charge in [-0.1, -0.05) is 25.3 Å². The molecule has 1 atom stereocenters. The van der Waals surface area contributed by atoms with Crippen LogP contribution in [0.4, 0.5) is 0 Å². The zero-order valence-corrected chi connectivity index (χ0v) is 19.7. The Kier molecular flexibility index (Phi) is 7.83. The molecule has 2 aromatic rings. The molecule has 0 radical (unpaired) electrons. The second kappa shape index (κ2) is 10.6. The predicted molar refractivity (Wildman–Crippen MR) is 122 cm³/mol. The van der Waals surface area contributed by atoms with Gasteiger partial charge in [-0.25, -0.2) is 0 Å². The topological polar surface area (TPSA) is 78.8 Å². The molecule has 1 heterocycles. The first-order valence-electron chi connectivity index (χ1n) is 11.2. The Morgan fingerprint density at radius 1 is 1.03 bits per heavy atom. The zero-order valence-electron chi connectivity index (χ0n) is 19.7. The standard InChI is InChI=1S/C25H34N2O5/c1-16-13-20(17(2)27(16)19-9-7-6-8-10-19)25(29)26-21(15-24(28)32-5)18-11-12-22(30-3)23(14-18)31-4/h11-14,19,21H,6-10,15H2,1-5H3,(H,26,29). The predicted octanol–water partition coefficient (Wildman–Crippen LogP) is 4.66. The number of amides is 1. The molecule has 1 aromatic carbocycles. The maximum absolute atomic E-state index is 13.3. The Morgan fingerprint density at radius 3 is 2.34 bits per heavy atom. The number of esters is 1. The van der Waals surface area contributed by atoms with E-state index in [4.69, 9.17) is 14.2 Å². The summed E-state index contributed by atoms with van der Waals surface area (Å²) in [6.45, 7) is 4.06. The van der Waals surface area contributed by atoms with E-state index in [-0.39, 0.29) is 12.3 Å². The zero-order chi connectivity index (χ0) is 23.3. The smallest absolute Gasteiger partial charge is 0.307 e. The third-order valence-electron chi connectivity index (χ3n) is 6.38. The van der Waals surface area contributed by atoms with E-state index in [0.717, 1.165) is 29.8 Å². The van der Waals surface area contributed by atoms with Crippen molar-refractivity contribution in [1.29, 1.82) is 0 Å². The van der Waals surface area contributed by atoms with Gasteiger partial charge in [0.15, 0.2) is 11.5 Å². The van der Waals surface area contributed by atoms with Crippen molar-refractivity contribution in [2.45, 2.75) is 64.5 Å². The lowest BCUT2D eigenvalue weighted by molar-refractivity contribution is -0.141. The maximum atomic E-state index is 13.3. The van der Waals surface area contributed by atoms with Crippen LogP contribution in [-0.4, -0.2) is 37.8 Å². The van der Waals surface area contributed by atoms with E-state index < -0.39 is 12.0 Å². The molecule has 1 unspecified atom stereocenters. The minimum atomic E-state index is -0.563. The SMILES string of the molecule is COC(=O)CC(NC(=O)c1cc(C)n(C2CCCCC2)c1C)c1ccc(OC)c(OC)c1. The molecule has 32 heavy (non-hydrogen) atoms. The number of hydrogen-bond donors (Lipinski definition) is 1. The van der Waals surface area contributed by atoms with E-state index in [1.165, 1.54) is 26.4 Å². The second-order valence-corrected chi connectivity index (χ2v) is 8.37. The highest BCUT2D eigenvalue weighted by molar-refractivity contribution is 5.96. The molecule has 1 aliphatic carbocycles. The van der Waals surface area contributed by atoms with Gasteiger partial charge in [0.2, 0.25) is 0 Å². The molecule has 0 saturated heterocycles. The molecule has 7 heteroatoms. The molecule has 1 aliphatic rings. The van der Waals surface area contributed by atoms with Gasteiger partial charge in [0.1, 0.15) is 0 Å². The lowest BCUT2D eigenvalue weighted by atomic mass is 9.95. The Morgan fingerprint density at radius 2 is 1.72 bits per heavy atom. The van der Waals surface area contributed by atoms with Gasteiger partial charge in [0.25, 0.3) is 5.91 Å². The first-order valence-corrected chi connectivity index (χ1v) is 11.2. The Labute approximate surface area is 190 Å². The van der Waals surface area contributed by atoms with Crippen molar-refractivity contribution in [3.63, 3.8) is 0 Å². The monoisotopic (exact) mass is 442 g/mol. The largest absolute Gasteiger partial charge is 0.493 e. The number of ether oxygens (including phenoxy) is 3. The molecule has 1 N–H and O–H groups in total. The van der Waals surface area contributed by atoms with Crippen LogP contribution in [0.3, 0.4) is 0 Å².